The monoisotopic (exact) mass is 373 g/mol. The van der Waals surface area contributed by atoms with E-state index in [2.05, 4.69) is 82.6 Å². The third-order valence-corrected chi connectivity index (χ3v) is 6.64. The first-order valence-electron chi connectivity index (χ1n) is 11.2. The van der Waals surface area contributed by atoms with Gasteiger partial charge in [0.1, 0.15) is 7.05 Å². The maximum atomic E-state index is 8.83. The van der Waals surface area contributed by atoms with E-state index in [1.54, 1.807) is 0 Å². The van der Waals surface area contributed by atoms with Gasteiger partial charge in [0.15, 0.2) is 5.69 Å². The molecule has 1 fully saturated rings. The number of benzene rings is 2. The quantitative estimate of drug-likeness (QED) is 0.430. The normalized spacial score (nSPS) is 16.0. The Balaban J connectivity index is 2.00. The number of aryl methyl sites for hydroxylation is 1. The molecule has 28 heavy (non-hydrogen) atoms. The molecule has 0 bridgehead atoms. The first-order chi connectivity index (χ1) is 13.7. The molecule has 1 aromatic heterocycles. The highest BCUT2D eigenvalue weighted by molar-refractivity contribution is 5.94. The highest BCUT2D eigenvalue weighted by Gasteiger charge is 2.24. The van der Waals surface area contributed by atoms with Crippen LogP contribution in [-0.4, -0.2) is 0 Å². The number of fused-ring (bicyclic) bond motifs is 1. The second kappa shape index (κ2) is 7.03. The van der Waals surface area contributed by atoms with Crippen molar-refractivity contribution in [2.45, 2.75) is 71.6 Å². The molecule has 1 heterocycles. The van der Waals surface area contributed by atoms with Crippen molar-refractivity contribution >= 4 is 10.8 Å². The van der Waals surface area contributed by atoms with Crippen molar-refractivity contribution < 1.29 is 5.94 Å². The average Bonchev–Trinajstić information content (AvgIpc) is 3.21. The number of pyridine rings is 1. The smallest absolute Gasteiger partial charge is 0.198 e. The van der Waals surface area contributed by atoms with Crippen molar-refractivity contribution in [2.24, 2.45) is 7.05 Å². The van der Waals surface area contributed by atoms with E-state index >= 15 is 0 Å². The second-order valence-corrected chi connectivity index (χ2v) is 9.68. The topological polar surface area (TPSA) is 3.88 Å². The van der Waals surface area contributed by atoms with Crippen LogP contribution in [0.25, 0.3) is 22.0 Å². The van der Waals surface area contributed by atoms with Gasteiger partial charge in [-0.3, -0.25) is 0 Å². The molecule has 0 atom stereocenters. The predicted octanol–water partition coefficient (Wildman–Crippen LogP) is 6.90. The Kier molecular flexibility index (Phi) is 4.50. The maximum Gasteiger partial charge on any atom is 0.220 e. The summed E-state index contributed by atoms with van der Waals surface area (Å²) in [5.41, 5.74) is 7.70. The van der Waals surface area contributed by atoms with Gasteiger partial charge in [0.25, 0.3) is 0 Å². The lowest BCUT2D eigenvalue weighted by Gasteiger charge is -2.21. The largest absolute Gasteiger partial charge is 0.220 e. The Hall–Kier alpha value is -2.15. The van der Waals surface area contributed by atoms with Gasteiger partial charge in [0.05, 0.1) is 12.3 Å². The molecule has 0 unspecified atom stereocenters. The van der Waals surface area contributed by atoms with Crippen LogP contribution in [-0.2, 0) is 12.5 Å². The summed E-state index contributed by atoms with van der Waals surface area (Å²) in [6.07, 6.45) is 5.25. The minimum Gasteiger partial charge on any atom is -0.198 e. The van der Waals surface area contributed by atoms with E-state index in [4.69, 9.17) is 1.37 Å². The van der Waals surface area contributed by atoms with Gasteiger partial charge in [0, 0.05) is 13.0 Å². The van der Waals surface area contributed by atoms with E-state index in [1.165, 1.54) is 59.0 Å². The van der Waals surface area contributed by atoms with E-state index in [-0.39, 0.29) is 5.41 Å². The number of nitrogens with zero attached hydrogens (tertiary/aromatic N) is 1. The molecule has 0 aliphatic heterocycles. The van der Waals surface area contributed by atoms with Crippen LogP contribution in [0.1, 0.15) is 76.1 Å². The summed E-state index contributed by atoms with van der Waals surface area (Å²) in [6, 6.07) is 14.4. The van der Waals surface area contributed by atoms with Crippen LogP contribution in [0.5, 0.6) is 0 Å². The zero-order chi connectivity index (χ0) is 20.9. The molecule has 1 heteroatoms. The van der Waals surface area contributed by atoms with Gasteiger partial charge in [-0.25, -0.2) is 0 Å². The van der Waals surface area contributed by atoms with Gasteiger partial charge in [-0.1, -0.05) is 57.9 Å². The van der Waals surface area contributed by atoms with Crippen molar-refractivity contribution in [3.05, 3.63) is 64.8 Å². The molecule has 4 rings (SSSR count). The molecule has 1 aliphatic carbocycles. The standard InChI is InChI=1S/C27H34N/c1-18-11-13-23(27(3,4)5)17-25(18)26-24-14-12-21(20-9-7-8-10-20)16-22(24)15-19(2)28(26)6/h11-17,20H,7-10H2,1-6H3/q+1/i15D. The van der Waals surface area contributed by atoms with Crippen LogP contribution in [0.2, 0.25) is 0 Å². The van der Waals surface area contributed by atoms with Crippen LogP contribution >= 0.6 is 0 Å². The van der Waals surface area contributed by atoms with Crippen molar-refractivity contribution in [3.63, 3.8) is 0 Å². The van der Waals surface area contributed by atoms with Crippen LogP contribution in [0.4, 0.5) is 0 Å². The third-order valence-electron chi connectivity index (χ3n) is 6.64. The predicted molar refractivity (Wildman–Crippen MR) is 120 cm³/mol. The van der Waals surface area contributed by atoms with Gasteiger partial charge in [-0.15, -0.1) is 0 Å². The van der Waals surface area contributed by atoms with Crippen molar-refractivity contribution in [1.29, 1.82) is 0 Å². The highest BCUT2D eigenvalue weighted by Crippen LogP contribution is 2.37. The lowest BCUT2D eigenvalue weighted by atomic mass is 9.84. The molecule has 0 spiro atoms. The summed E-state index contributed by atoms with van der Waals surface area (Å²) in [5, 5.41) is 2.29. The van der Waals surface area contributed by atoms with Gasteiger partial charge >= 0.3 is 0 Å². The summed E-state index contributed by atoms with van der Waals surface area (Å²) in [6.45, 7) is 11.1. The molecule has 0 radical (unpaired) electrons. The Morgan fingerprint density at radius 2 is 1.71 bits per heavy atom. The molecule has 1 saturated carbocycles. The number of hydrogen-bond acceptors (Lipinski definition) is 0. The fraction of sp³-hybridized carbons (Fsp3) is 0.444. The fourth-order valence-electron chi connectivity index (χ4n) is 4.68. The Bertz CT molecular complexity index is 1080. The molecule has 1 aliphatic rings. The van der Waals surface area contributed by atoms with Crippen molar-refractivity contribution in [2.75, 3.05) is 0 Å². The summed E-state index contributed by atoms with van der Waals surface area (Å²) < 4.78 is 11.0. The van der Waals surface area contributed by atoms with Gasteiger partial charge in [0.2, 0.25) is 5.69 Å². The van der Waals surface area contributed by atoms with Crippen LogP contribution < -0.4 is 4.57 Å². The Morgan fingerprint density at radius 3 is 2.39 bits per heavy atom. The molecule has 0 N–H and O–H groups in total. The maximum absolute atomic E-state index is 8.83. The Labute approximate surface area is 171 Å². The first-order valence-corrected chi connectivity index (χ1v) is 10.7. The van der Waals surface area contributed by atoms with Gasteiger partial charge in [-0.2, -0.15) is 4.57 Å². The number of aromatic nitrogens is 1. The molecule has 3 aromatic rings. The highest BCUT2D eigenvalue weighted by atomic mass is 14.9. The Morgan fingerprint density at radius 1 is 1.00 bits per heavy atom. The zero-order valence-corrected chi connectivity index (χ0v) is 18.3. The number of hydrogen-bond donors (Lipinski definition) is 0. The first kappa shape index (κ1) is 17.9. The van der Waals surface area contributed by atoms with E-state index in [9.17, 15) is 0 Å². The summed E-state index contributed by atoms with van der Waals surface area (Å²) in [5.74, 6) is 0.669. The second-order valence-electron chi connectivity index (χ2n) is 9.68. The fourth-order valence-corrected chi connectivity index (χ4v) is 4.68. The summed E-state index contributed by atoms with van der Waals surface area (Å²) in [7, 11) is 2.11. The SMILES string of the molecule is [2H]c1c(C)[n+](C)c(-c2cc(C(C)(C)C)ccc2C)c2ccc(C3CCCC3)cc12. The van der Waals surface area contributed by atoms with Crippen molar-refractivity contribution in [3.8, 4) is 11.3 Å². The van der Waals surface area contributed by atoms with Crippen LogP contribution in [0.3, 0.4) is 0 Å². The van der Waals surface area contributed by atoms with E-state index < -0.39 is 0 Å². The molecular formula is C27H34N+. The third kappa shape index (κ3) is 3.36. The van der Waals surface area contributed by atoms with E-state index in [1.807, 2.05) is 0 Å². The van der Waals surface area contributed by atoms with E-state index in [0.717, 1.165) is 11.1 Å². The molecule has 0 amide bonds. The van der Waals surface area contributed by atoms with E-state index in [0.29, 0.717) is 12.0 Å². The van der Waals surface area contributed by atoms with Gasteiger partial charge in [-0.05, 0) is 65.3 Å². The van der Waals surface area contributed by atoms with Crippen LogP contribution in [0.15, 0.2) is 42.4 Å². The average molecular weight is 374 g/mol. The summed E-state index contributed by atoms with van der Waals surface area (Å²) >= 11 is 0. The van der Waals surface area contributed by atoms with Crippen molar-refractivity contribution in [1.82, 2.24) is 0 Å². The molecular weight excluding hydrogens is 338 g/mol. The lowest BCUT2D eigenvalue weighted by molar-refractivity contribution is -0.665. The minimum absolute atomic E-state index is 0.108. The molecule has 146 valence electrons. The lowest BCUT2D eigenvalue weighted by Crippen LogP contribution is -2.35. The number of rotatable bonds is 2. The van der Waals surface area contributed by atoms with Gasteiger partial charge < -0.3 is 0 Å². The molecule has 0 saturated heterocycles. The van der Waals surface area contributed by atoms with Crippen LogP contribution in [0, 0.1) is 13.8 Å². The minimum atomic E-state index is 0.108. The molecule has 1 nitrogen and oxygen atoms in total. The zero-order valence-electron chi connectivity index (χ0n) is 19.3. The summed E-state index contributed by atoms with van der Waals surface area (Å²) in [4.78, 5) is 0. The molecule has 2 aromatic carbocycles.